The number of alkyl halides is 1. The molecule has 1 atom stereocenters. The summed E-state index contributed by atoms with van der Waals surface area (Å²) in [5.74, 6) is 0.517. The normalized spacial score (nSPS) is 13.9. The van der Waals surface area contributed by atoms with E-state index < -0.39 is 12.0 Å². The first kappa shape index (κ1) is 25.3. The van der Waals surface area contributed by atoms with E-state index in [0.29, 0.717) is 36.2 Å². The van der Waals surface area contributed by atoms with Crippen LogP contribution in [-0.2, 0) is 17.6 Å². The third-order valence-corrected chi connectivity index (χ3v) is 6.31. The minimum atomic E-state index is -0.946. The van der Waals surface area contributed by atoms with Crippen LogP contribution >= 0.6 is 15.9 Å². The fourth-order valence-electron chi connectivity index (χ4n) is 3.92. The Balaban J connectivity index is 1.47. The van der Waals surface area contributed by atoms with Crippen molar-refractivity contribution in [2.24, 2.45) is 0 Å². The quantitative estimate of drug-likeness (QED) is 0.320. The molecule has 0 saturated heterocycles. The lowest BCUT2D eigenvalue weighted by atomic mass is 10.1. The predicted molar refractivity (Wildman–Crippen MR) is 130 cm³/mol. The molecule has 3 rings (SSSR count). The summed E-state index contributed by atoms with van der Waals surface area (Å²) in [6.07, 6.45) is 8.82. The summed E-state index contributed by atoms with van der Waals surface area (Å²) in [4.78, 5) is 26.6. The van der Waals surface area contributed by atoms with Gasteiger partial charge in [0.2, 0.25) is 0 Å². The van der Waals surface area contributed by atoms with Crippen molar-refractivity contribution in [3.05, 3.63) is 40.4 Å². The molecule has 2 aromatic rings. The molecule has 1 aliphatic heterocycles. The fraction of sp³-hybridized carbons (Fsp3) is 0.565. The summed E-state index contributed by atoms with van der Waals surface area (Å²) in [6.45, 7) is 2.58. The summed E-state index contributed by atoms with van der Waals surface area (Å²) in [5.41, 5.74) is 2.38. The molecule has 0 aromatic carbocycles. The van der Waals surface area contributed by atoms with Crippen LogP contribution in [0.1, 0.15) is 43.4 Å². The smallest absolute Gasteiger partial charge is 0.326 e. The van der Waals surface area contributed by atoms with Gasteiger partial charge in [0.05, 0.1) is 11.1 Å². The Kier molecular flexibility index (Phi) is 10.3. The Hall–Kier alpha value is -2.33. The Bertz CT molecular complexity index is 903. The van der Waals surface area contributed by atoms with E-state index in [9.17, 15) is 14.3 Å². The average Bonchev–Trinajstić information content (AvgIpc) is 2.82. The van der Waals surface area contributed by atoms with Crippen LogP contribution in [0.2, 0.25) is 0 Å². The van der Waals surface area contributed by atoms with Crippen LogP contribution in [0.15, 0.2) is 29.1 Å². The number of aromatic nitrogens is 3. The van der Waals surface area contributed by atoms with Gasteiger partial charge in [-0.05, 0) is 79.1 Å². The van der Waals surface area contributed by atoms with Gasteiger partial charge in [0.25, 0.3) is 0 Å². The minimum absolute atomic E-state index is 0.378. The van der Waals surface area contributed by atoms with Gasteiger partial charge in [-0.1, -0.05) is 6.07 Å². The second-order valence-electron chi connectivity index (χ2n) is 8.23. The number of halogens is 2. The number of unbranched alkanes of at least 4 members (excludes halogenated alkanes) is 1. The van der Waals surface area contributed by atoms with Gasteiger partial charge in [-0.15, -0.1) is 0 Å². The van der Waals surface area contributed by atoms with Crippen LogP contribution < -0.4 is 10.6 Å². The van der Waals surface area contributed by atoms with E-state index in [1.807, 2.05) is 0 Å². The summed E-state index contributed by atoms with van der Waals surface area (Å²) in [7, 11) is 0. The fourth-order valence-corrected chi connectivity index (χ4v) is 4.26. The molecule has 3 heterocycles. The number of nitrogens with one attached hydrogen (secondary N) is 2. The number of carboxylic acids is 1. The van der Waals surface area contributed by atoms with Gasteiger partial charge in [0.15, 0.2) is 0 Å². The number of carboxylic acid groups (broad SMARTS) is 1. The minimum Gasteiger partial charge on any atom is -0.480 e. The number of fused-ring (bicyclic) bond motifs is 1. The average molecular weight is 523 g/mol. The van der Waals surface area contributed by atoms with Crippen molar-refractivity contribution in [2.75, 3.05) is 43.5 Å². The Labute approximate surface area is 202 Å². The number of aryl methyl sites for hydroxylation is 2. The van der Waals surface area contributed by atoms with E-state index in [0.717, 1.165) is 56.7 Å². The van der Waals surface area contributed by atoms with Gasteiger partial charge < -0.3 is 20.6 Å². The molecule has 0 aliphatic carbocycles. The van der Waals surface area contributed by atoms with Crippen molar-refractivity contribution in [1.29, 1.82) is 0 Å². The molecule has 0 amide bonds. The first-order chi connectivity index (χ1) is 16.1. The van der Waals surface area contributed by atoms with E-state index in [1.165, 1.54) is 11.9 Å². The highest BCUT2D eigenvalue weighted by molar-refractivity contribution is 9.10. The summed E-state index contributed by atoms with van der Waals surface area (Å²) in [5, 5.41) is 16.0. The lowest BCUT2D eigenvalue weighted by molar-refractivity contribution is -0.138. The molecule has 8 nitrogen and oxygen atoms in total. The Morgan fingerprint density at radius 2 is 2.12 bits per heavy atom. The van der Waals surface area contributed by atoms with Crippen LogP contribution in [0.3, 0.4) is 0 Å². The highest BCUT2D eigenvalue weighted by Gasteiger charge is 2.20. The van der Waals surface area contributed by atoms with Gasteiger partial charge in [-0.3, -0.25) is 4.39 Å². The number of pyridine rings is 1. The molecule has 1 aliphatic rings. The van der Waals surface area contributed by atoms with E-state index in [2.05, 4.69) is 53.6 Å². The maximum atomic E-state index is 12.8. The first-order valence-corrected chi connectivity index (χ1v) is 12.3. The van der Waals surface area contributed by atoms with Gasteiger partial charge >= 0.3 is 5.97 Å². The number of nitrogens with zero attached hydrogens (tertiary/aromatic N) is 4. The number of anilines is 2. The molecule has 0 spiro atoms. The van der Waals surface area contributed by atoms with Crippen molar-refractivity contribution < 1.29 is 14.3 Å². The molecule has 0 radical (unpaired) electrons. The number of carbonyl (C=O) groups is 1. The summed E-state index contributed by atoms with van der Waals surface area (Å²) < 4.78 is 13.4. The van der Waals surface area contributed by atoms with Crippen molar-refractivity contribution >= 4 is 33.5 Å². The Morgan fingerprint density at radius 1 is 1.27 bits per heavy atom. The summed E-state index contributed by atoms with van der Waals surface area (Å²) >= 11 is 3.33. The number of hydrogen-bond acceptors (Lipinski definition) is 7. The lowest BCUT2D eigenvalue weighted by Gasteiger charge is -2.24. The van der Waals surface area contributed by atoms with Gasteiger partial charge in [0, 0.05) is 31.5 Å². The molecule has 0 unspecified atom stereocenters. The SMILES string of the molecule is O=C(O)[C@H](CCN(CCCF)CCCCc1ccc2c(n1)NCCC2)Nc1ncncc1Br. The van der Waals surface area contributed by atoms with Crippen LogP contribution in [0, 0.1) is 0 Å². The topological polar surface area (TPSA) is 103 Å². The van der Waals surface area contributed by atoms with Crippen molar-refractivity contribution in [1.82, 2.24) is 19.9 Å². The van der Waals surface area contributed by atoms with Gasteiger partial charge in [0.1, 0.15) is 24.0 Å². The molecular formula is C23H32BrFN6O2. The zero-order valence-electron chi connectivity index (χ0n) is 18.8. The van der Waals surface area contributed by atoms with Gasteiger partial charge in [-0.2, -0.15) is 0 Å². The lowest BCUT2D eigenvalue weighted by Crippen LogP contribution is -2.36. The molecule has 10 heteroatoms. The number of hydrogen-bond donors (Lipinski definition) is 3. The molecule has 0 fully saturated rings. The van der Waals surface area contributed by atoms with Crippen LogP contribution in [0.25, 0.3) is 0 Å². The van der Waals surface area contributed by atoms with Crippen LogP contribution in [0.4, 0.5) is 16.0 Å². The largest absolute Gasteiger partial charge is 0.480 e. The molecule has 0 bridgehead atoms. The summed E-state index contributed by atoms with van der Waals surface area (Å²) in [6, 6.07) is 3.49. The molecule has 0 saturated carbocycles. The van der Waals surface area contributed by atoms with E-state index >= 15 is 0 Å². The van der Waals surface area contributed by atoms with E-state index in [-0.39, 0.29) is 6.67 Å². The molecular weight excluding hydrogens is 491 g/mol. The molecule has 33 heavy (non-hydrogen) atoms. The highest BCUT2D eigenvalue weighted by atomic mass is 79.9. The predicted octanol–water partition coefficient (Wildman–Crippen LogP) is 3.93. The van der Waals surface area contributed by atoms with Gasteiger partial charge in [-0.25, -0.2) is 19.7 Å². The van der Waals surface area contributed by atoms with E-state index in [1.54, 1.807) is 6.20 Å². The maximum Gasteiger partial charge on any atom is 0.326 e. The van der Waals surface area contributed by atoms with Crippen molar-refractivity contribution in [3.63, 3.8) is 0 Å². The maximum absolute atomic E-state index is 12.8. The van der Waals surface area contributed by atoms with Crippen molar-refractivity contribution in [2.45, 2.75) is 51.0 Å². The molecule has 3 N–H and O–H groups in total. The van der Waals surface area contributed by atoms with Crippen LogP contribution in [-0.4, -0.2) is 69.8 Å². The van der Waals surface area contributed by atoms with Crippen LogP contribution in [0.5, 0.6) is 0 Å². The molecule has 180 valence electrons. The third-order valence-electron chi connectivity index (χ3n) is 5.73. The number of rotatable bonds is 14. The second-order valence-corrected chi connectivity index (χ2v) is 9.08. The Morgan fingerprint density at radius 3 is 2.91 bits per heavy atom. The second kappa shape index (κ2) is 13.4. The zero-order chi connectivity index (χ0) is 23.5. The number of aliphatic carboxylic acids is 1. The monoisotopic (exact) mass is 522 g/mol. The standard InChI is InChI=1S/C23H32BrFN6O2/c24-19-15-26-16-28-22(19)30-20(23(32)33)9-14-31(13-4-10-25)12-2-1-6-18-8-7-17-5-3-11-27-21(17)29-18/h7-8,15-16,20H,1-6,9-14H2,(H,27,29)(H,32,33)(H,26,28,30)/t20-/m0/s1. The highest BCUT2D eigenvalue weighted by Crippen LogP contribution is 2.21. The third kappa shape index (κ3) is 8.19. The molecule has 2 aromatic heterocycles. The van der Waals surface area contributed by atoms with E-state index in [4.69, 9.17) is 4.98 Å². The first-order valence-electron chi connectivity index (χ1n) is 11.5. The zero-order valence-corrected chi connectivity index (χ0v) is 20.4. The van der Waals surface area contributed by atoms with Crippen molar-refractivity contribution in [3.8, 4) is 0 Å².